The lowest BCUT2D eigenvalue weighted by atomic mass is 10.0. The Labute approximate surface area is 144 Å². The number of hydrogen-bond donors (Lipinski definition) is 2. The van der Waals surface area contributed by atoms with E-state index in [-0.39, 0.29) is 17.9 Å². The first-order valence-corrected chi connectivity index (χ1v) is 8.74. The van der Waals surface area contributed by atoms with Crippen LogP contribution in [0.5, 0.6) is 0 Å². The molecule has 2 atom stereocenters. The van der Waals surface area contributed by atoms with Gasteiger partial charge < -0.3 is 15.5 Å². The summed E-state index contributed by atoms with van der Waals surface area (Å²) in [7, 11) is 1.84. The second-order valence-electron chi connectivity index (χ2n) is 7.07. The summed E-state index contributed by atoms with van der Waals surface area (Å²) in [5.74, 6) is 0.149. The molecule has 1 saturated heterocycles. The summed E-state index contributed by atoms with van der Waals surface area (Å²) in [6.45, 7) is 7.80. The van der Waals surface area contributed by atoms with Crippen LogP contribution in [0.1, 0.15) is 42.6 Å². The first kappa shape index (κ1) is 18.5. The first-order valence-electron chi connectivity index (χ1n) is 8.74. The maximum Gasteiger partial charge on any atom is 0.252 e. The molecule has 24 heavy (non-hydrogen) atoms. The zero-order valence-corrected chi connectivity index (χ0v) is 15.1. The predicted octanol–water partition coefficient (Wildman–Crippen LogP) is 1.96. The van der Waals surface area contributed by atoms with Crippen LogP contribution in [-0.4, -0.2) is 48.9 Å². The second kappa shape index (κ2) is 8.29. The van der Waals surface area contributed by atoms with Crippen molar-refractivity contribution in [3.8, 4) is 0 Å². The second-order valence-corrected chi connectivity index (χ2v) is 7.07. The monoisotopic (exact) mass is 331 g/mol. The molecule has 2 rings (SSSR count). The fraction of sp³-hybridized carbons (Fsp3) is 0.579. The van der Waals surface area contributed by atoms with Gasteiger partial charge in [0.15, 0.2) is 0 Å². The lowest BCUT2D eigenvalue weighted by molar-refractivity contribution is -0.134. The van der Waals surface area contributed by atoms with Crippen molar-refractivity contribution in [2.45, 2.75) is 45.7 Å². The van der Waals surface area contributed by atoms with Gasteiger partial charge in [-0.05, 0) is 43.9 Å². The number of aryl methyl sites for hydroxylation is 1. The Bertz CT molecular complexity index is 580. The molecule has 132 valence electrons. The molecule has 0 aliphatic carbocycles. The van der Waals surface area contributed by atoms with E-state index in [0.717, 1.165) is 25.1 Å². The first-order chi connectivity index (χ1) is 11.4. The van der Waals surface area contributed by atoms with Crippen LogP contribution in [0.25, 0.3) is 0 Å². The minimum Gasteiger partial charge on any atom is -0.340 e. The van der Waals surface area contributed by atoms with Crippen LogP contribution >= 0.6 is 0 Å². The number of carbonyl (C=O) groups is 2. The number of rotatable bonds is 6. The summed E-state index contributed by atoms with van der Waals surface area (Å²) >= 11 is 0. The largest absolute Gasteiger partial charge is 0.340 e. The molecule has 2 N–H and O–H groups in total. The van der Waals surface area contributed by atoms with Gasteiger partial charge in [0, 0.05) is 25.2 Å². The van der Waals surface area contributed by atoms with Gasteiger partial charge in [-0.25, -0.2) is 0 Å². The number of hydrogen-bond acceptors (Lipinski definition) is 3. The summed E-state index contributed by atoms with van der Waals surface area (Å²) in [5.41, 5.74) is 1.54. The van der Waals surface area contributed by atoms with Crippen molar-refractivity contribution in [3.05, 3.63) is 35.4 Å². The van der Waals surface area contributed by atoms with E-state index in [1.54, 1.807) is 11.0 Å². The fourth-order valence-corrected chi connectivity index (χ4v) is 3.15. The zero-order valence-electron chi connectivity index (χ0n) is 15.1. The molecule has 0 radical (unpaired) electrons. The van der Waals surface area contributed by atoms with Gasteiger partial charge in [-0.2, -0.15) is 0 Å². The van der Waals surface area contributed by atoms with Crippen LogP contribution in [0.2, 0.25) is 0 Å². The van der Waals surface area contributed by atoms with E-state index >= 15 is 0 Å². The van der Waals surface area contributed by atoms with Gasteiger partial charge in [-0.15, -0.1) is 0 Å². The van der Waals surface area contributed by atoms with Crippen molar-refractivity contribution in [3.63, 3.8) is 0 Å². The molecular formula is C19H29N3O2. The van der Waals surface area contributed by atoms with Gasteiger partial charge in [0.2, 0.25) is 5.91 Å². The molecule has 1 fully saturated rings. The fourth-order valence-electron chi connectivity index (χ4n) is 3.15. The normalized spacial score (nSPS) is 18.5. The molecule has 0 aromatic heterocycles. The van der Waals surface area contributed by atoms with Crippen LogP contribution < -0.4 is 10.6 Å². The number of likely N-dealkylation sites (N-methyl/N-ethyl adjacent to an activating group) is 1. The van der Waals surface area contributed by atoms with E-state index < -0.39 is 6.04 Å². The van der Waals surface area contributed by atoms with Crippen LogP contribution in [0.3, 0.4) is 0 Å². The van der Waals surface area contributed by atoms with Crippen molar-refractivity contribution < 1.29 is 9.59 Å². The SMILES string of the molecule is Cc1ccccc1C(=O)NC(CC(C)C)C(=O)N(C)C1CCNC1. The van der Waals surface area contributed by atoms with Crippen LogP contribution in [-0.2, 0) is 4.79 Å². The number of benzene rings is 1. The number of carbonyl (C=O) groups excluding carboxylic acids is 2. The summed E-state index contributed by atoms with van der Waals surface area (Å²) in [5, 5.41) is 6.24. The predicted molar refractivity (Wildman–Crippen MR) is 95.9 cm³/mol. The van der Waals surface area contributed by atoms with Crippen LogP contribution in [0.15, 0.2) is 24.3 Å². The average Bonchev–Trinajstić information content (AvgIpc) is 3.07. The van der Waals surface area contributed by atoms with E-state index in [0.29, 0.717) is 17.9 Å². The van der Waals surface area contributed by atoms with Gasteiger partial charge >= 0.3 is 0 Å². The maximum absolute atomic E-state index is 12.9. The van der Waals surface area contributed by atoms with Crippen molar-refractivity contribution in [2.24, 2.45) is 5.92 Å². The van der Waals surface area contributed by atoms with Crippen molar-refractivity contribution >= 4 is 11.8 Å². The van der Waals surface area contributed by atoms with Gasteiger partial charge in [0.1, 0.15) is 6.04 Å². The van der Waals surface area contributed by atoms with E-state index in [1.807, 2.05) is 32.2 Å². The molecule has 2 unspecified atom stereocenters. The molecule has 1 aromatic rings. The lowest BCUT2D eigenvalue weighted by Crippen LogP contribution is -2.51. The van der Waals surface area contributed by atoms with Crippen molar-refractivity contribution in [1.29, 1.82) is 0 Å². The molecule has 0 spiro atoms. The van der Waals surface area contributed by atoms with E-state index in [2.05, 4.69) is 24.5 Å². The average molecular weight is 331 g/mol. The van der Waals surface area contributed by atoms with Gasteiger partial charge in [0.25, 0.3) is 5.91 Å². The van der Waals surface area contributed by atoms with Gasteiger partial charge in [-0.1, -0.05) is 32.0 Å². The van der Waals surface area contributed by atoms with E-state index in [4.69, 9.17) is 0 Å². The molecular weight excluding hydrogens is 302 g/mol. The smallest absolute Gasteiger partial charge is 0.252 e. The maximum atomic E-state index is 12.9. The zero-order chi connectivity index (χ0) is 17.7. The summed E-state index contributed by atoms with van der Waals surface area (Å²) in [4.78, 5) is 27.3. The molecule has 1 aliphatic rings. The molecule has 1 aromatic carbocycles. The van der Waals surface area contributed by atoms with E-state index in [1.165, 1.54) is 0 Å². The lowest BCUT2D eigenvalue weighted by Gasteiger charge is -2.29. The third-order valence-corrected chi connectivity index (χ3v) is 4.63. The van der Waals surface area contributed by atoms with Crippen molar-refractivity contribution in [2.75, 3.05) is 20.1 Å². The molecule has 0 saturated carbocycles. The molecule has 1 heterocycles. The Kier molecular flexibility index (Phi) is 6.37. The third-order valence-electron chi connectivity index (χ3n) is 4.63. The van der Waals surface area contributed by atoms with Crippen molar-refractivity contribution in [1.82, 2.24) is 15.5 Å². The molecule has 0 bridgehead atoms. The number of nitrogens with zero attached hydrogens (tertiary/aromatic N) is 1. The van der Waals surface area contributed by atoms with Crippen LogP contribution in [0, 0.1) is 12.8 Å². The molecule has 5 nitrogen and oxygen atoms in total. The number of amides is 2. The summed E-state index contributed by atoms with van der Waals surface area (Å²) in [6.07, 6.45) is 1.60. The highest BCUT2D eigenvalue weighted by Crippen LogP contribution is 2.14. The van der Waals surface area contributed by atoms with Gasteiger partial charge in [-0.3, -0.25) is 9.59 Å². The minimum atomic E-state index is -0.484. The minimum absolute atomic E-state index is 0.000616. The van der Waals surface area contributed by atoms with Gasteiger partial charge in [0.05, 0.1) is 0 Å². The summed E-state index contributed by atoms with van der Waals surface area (Å²) in [6, 6.07) is 7.18. The highest BCUT2D eigenvalue weighted by atomic mass is 16.2. The highest BCUT2D eigenvalue weighted by molar-refractivity contribution is 5.98. The molecule has 2 amide bonds. The summed E-state index contributed by atoms with van der Waals surface area (Å²) < 4.78 is 0. The Balaban J connectivity index is 2.11. The highest BCUT2D eigenvalue weighted by Gasteiger charge is 2.30. The Morgan fingerprint density at radius 1 is 1.33 bits per heavy atom. The molecule has 5 heteroatoms. The van der Waals surface area contributed by atoms with Crippen LogP contribution in [0.4, 0.5) is 0 Å². The number of nitrogens with one attached hydrogen (secondary N) is 2. The standard InChI is InChI=1S/C19H29N3O2/c1-13(2)11-17(19(24)22(4)15-9-10-20-12-15)21-18(23)16-8-6-5-7-14(16)3/h5-8,13,15,17,20H,9-12H2,1-4H3,(H,21,23). The molecule has 1 aliphatic heterocycles. The van der Waals surface area contributed by atoms with E-state index in [9.17, 15) is 9.59 Å². The quantitative estimate of drug-likeness (QED) is 0.838. The Morgan fingerprint density at radius 2 is 2.04 bits per heavy atom. The Morgan fingerprint density at radius 3 is 2.62 bits per heavy atom. The Hall–Kier alpha value is -1.88. The topological polar surface area (TPSA) is 61.4 Å². The third kappa shape index (κ3) is 4.57.